The van der Waals surface area contributed by atoms with E-state index in [2.05, 4.69) is 0 Å². The van der Waals surface area contributed by atoms with Crippen LogP contribution in [0.15, 0.2) is 35.0 Å². The van der Waals surface area contributed by atoms with Gasteiger partial charge < -0.3 is 5.11 Å². The summed E-state index contributed by atoms with van der Waals surface area (Å²) in [4.78, 5) is 11.2. The Bertz CT molecular complexity index is 704. The van der Waals surface area contributed by atoms with E-state index in [9.17, 15) is 18.8 Å². The van der Waals surface area contributed by atoms with Gasteiger partial charge in [0.05, 0.1) is 17.9 Å². The number of carboxylic acids is 1. The van der Waals surface area contributed by atoms with E-state index in [1.165, 1.54) is 24.3 Å². The summed E-state index contributed by atoms with van der Waals surface area (Å²) < 4.78 is 28.2. The molecule has 6 heteroatoms. The summed E-state index contributed by atoms with van der Waals surface area (Å²) in [5, 5.41) is 22.2. The lowest BCUT2D eigenvalue weighted by atomic mass is 9.69. The van der Waals surface area contributed by atoms with Crippen LogP contribution >= 0.6 is 11.3 Å². The monoisotopic (exact) mass is 321 g/mol. The molecule has 22 heavy (non-hydrogen) atoms. The summed E-state index contributed by atoms with van der Waals surface area (Å²) >= 11 is 1.34. The van der Waals surface area contributed by atoms with Crippen molar-refractivity contribution in [1.29, 1.82) is 5.26 Å². The molecule has 0 spiro atoms. The highest BCUT2D eigenvalue weighted by Gasteiger charge is 2.41. The van der Waals surface area contributed by atoms with Gasteiger partial charge in [0.25, 0.3) is 0 Å². The van der Waals surface area contributed by atoms with Crippen molar-refractivity contribution in [3.05, 3.63) is 57.8 Å². The van der Waals surface area contributed by atoms with Crippen LogP contribution in [0.25, 0.3) is 0 Å². The number of hydrogen-bond acceptors (Lipinski definition) is 3. The van der Waals surface area contributed by atoms with E-state index in [1.807, 2.05) is 6.07 Å². The molecule has 0 fully saturated rings. The zero-order chi connectivity index (χ0) is 16.3. The molecule has 1 aromatic carbocycles. The molecule has 3 nitrogen and oxygen atoms in total. The van der Waals surface area contributed by atoms with Crippen LogP contribution in [0.2, 0.25) is 0 Å². The standard InChI is InChI=1S/C16H13F2NO2S/c1-16(9-19,10-5-6-22-8-10)11(7-14(20)21)15-12(17)3-2-4-13(15)18/h2-6,8,11H,7H2,1H3,(H,20,21). The molecule has 114 valence electrons. The van der Waals surface area contributed by atoms with Gasteiger partial charge in [0, 0.05) is 11.5 Å². The fourth-order valence-electron chi connectivity index (χ4n) is 2.52. The summed E-state index contributed by atoms with van der Waals surface area (Å²) in [7, 11) is 0. The molecule has 2 aromatic rings. The molecule has 0 saturated heterocycles. The number of hydrogen-bond donors (Lipinski definition) is 1. The average Bonchev–Trinajstić information content (AvgIpc) is 2.99. The third-order valence-corrected chi connectivity index (χ3v) is 4.46. The van der Waals surface area contributed by atoms with Crippen LogP contribution < -0.4 is 0 Å². The minimum absolute atomic E-state index is 0.361. The van der Waals surface area contributed by atoms with Crippen molar-refractivity contribution in [3.8, 4) is 6.07 Å². The second kappa shape index (κ2) is 6.24. The van der Waals surface area contributed by atoms with Crippen LogP contribution in [0.1, 0.15) is 30.4 Å². The Balaban J connectivity index is 2.65. The highest BCUT2D eigenvalue weighted by molar-refractivity contribution is 7.08. The van der Waals surface area contributed by atoms with Gasteiger partial charge in [0.15, 0.2) is 0 Å². The largest absolute Gasteiger partial charge is 0.481 e. The van der Waals surface area contributed by atoms with Gasteiger partial charge in [-0.2, -0.15) is 16.6 Å². The van der Waals surface area contributed by atoms with Crippen molar-refractivity contribution in [2.45, 2.75) is 24.7 Å². The lowest BCUT2D eigenvalue weighted by molar-refractivity contribution is -0.137. The molecule has 2 unspecified atom stereocenters. The lowest BCUT2D eigenvalue weighted by Crippen LogP contribution is -2.31. The van der Waals surface area contributed by atoms with E-state index in [0.717, 1.165) is 12.1 Å². The van der Waals surface area contributed by atoms with E-state index >= 15 is 0 Å². The zero-order valence-electron chi connectivity index (χ0n) is 11.7. The fraction of sp³-hybridized carbons (Fsp3) is 0.250. The molecular formula is C16H13F2NO2S. The van der Waals surface area contributed by atoms with Crippen molar-refractivity contribution >= 4 is 17.3 Å². The molecule has 0 saturated carbocycles. The molecule has 0 bridgehead atoms. The Morgan fingerprint density at radius 1 is 1.41 bits per heavy atom. The number of halogens is 2. The number of thiophene rings is 1. The van der Waals surface area contributed by atoms with E-state index in [-0.39, 0.29) is 5.56 Å². The minimum atomic E-state index is -1.35. The normalized spacial score (nSPS) is 14.8. The van der Waals surface area contributed by atoms with E-state index in [1.54, 1.807) is 16.8 Å². The first kappa shape index (κ1) is 16.1. The summed E-state index contributed by atoms with van der Waals surface area (Å²) in [6, 6.07) is 7.06. The van der Waals surface area contributed by atoms with E-state index in [0.29, 0.717) is 5.56 Å². The molecular weight excluding hydrogens is 308 g/mol. The predicted octanol–water partition coefficient (Wildman–Crippen LogP) is 4.07. The van der Waals surface area contributed by atoms with Crippen LogP contribution in [-0.2, 0) is 10.2 Å². The molecule has 1 N–H and O–H groups in total. The number of aliphatic carboxylic acids is 1. The first-order valence-corrected chi connectivity index (χ1v) is 7.44. The quantitative estimate of drug-likeness (QED) is 0.903. The molecule has 1 heterocycles. The summed E-state index contributed by atoms with van der Waals surface area (Å²) in [5.74, 6) is -4.04. The second-order valence-electron chi connectivity index (χ2n) is 5.11. The van der Waals surface area contributed by atoms with Crippen LogP contribution in [-0.4, -0.2) is 11.1 Å². The van der Waals surface area contributed by atoms with Crippen molar-refractivity contribution in [1.82, 2.24) is 0 Å². The van der Waals surface area contributed by atoms with Crippen molar-refractivity contribution in [3.63, 3.8) is 0 Å². The van der Waals surface area contributed by atoms with Gasteiger partial charge >= 0.3 is 5.97 Å². The van der Waals surface area contributed by atoms with E-state index in [4.69, 9.17) is 5.11 Å². The fourth-order valence-corrected chi connectivity index (χ4v) is 3.29. The first-order chi connectivity index (χ1) is 10.4. The van der Waals surface area contributed by atoms with Crippen LogP contribution in [0.4, 0.5) is 8.78 Å². The lowest BCUT2D eigenvalue weighted by Gasteiger charge is -2.31. The van der Waals surface area contributed by atoms with Gasteiger partial charge in [-0.3, -0.25) is 4.79 Å². The van der Waals surface area contributed by atoms with Gasteiger partial charge in [-0.25, -0.2) is 8.78 Å². The first-order valence-electron chi connectivity index (χ1n) is 6.49. The molecule has 0 aliphatic rings. The summed E-state index contributed by atoms with van der Waals surface area (Å²) in [6.45, 7) is 1.51. The number of carbonyl (C=O) groups is 1. The molecule has 0 radical (unpaired) electrons. The Kier molecular flexibility index (Phi) is 4.57. The maximum Gasteiger partial charge on any atom is 0.304 e. The highest BCUT2D eigenvalue weighted by Crippen LogP contribution is 2.43. The smallest absolute Gasteiger partial charge is 0.304 e. The third-order valence-electron chi connectivity index (χ3n) is 3.78. The SMILES string of the molecule is CC(C#N)(c1ccsc1)C(CC(=O)O)c1c(F)cccc1F. The van der Waals surface area contributed by atoms with Gasteiger partial charge in [-0.05, 0) is 41.4 Å². The third kappa shape index (κ3) is 2.85. The number of carboxylic acid groups (broad SMARTS) is 1. The minimum Gasteiger partial charge on any atom is -0.481 e. The Hall–Kier alpha value is -2.26. The van der Waals surface area contributed by atoms with Crippen LogP contribution in [0.3, 0.4) is 0 Å². The van der Waals surface area contributed by atoms with Gasteiger partial charge in [-0.1, -0.05) is 6.07 Å². The average molecular weight is 321 g/mol. The van der Waals surface area contributed by atoms with Crippen LogP contribution in [0.5, 0.6) is 0 Å². The van der Waals surface area contributed by atoms with Crippen molar-refractivity contribution < 1.29 is 18.7 Å². The maximum atomic E-state index is 14.1. The van der Waals surface area contributed by atoms with Crippen LogP contribution in [0, 0.1) is 23.0 Å². The molecule has 2 rings (SSSR count). The topological polar surface area (TPSA) is 61.1 Å². The van der Waals surface area contributed by atoms with Gasteiger partial charge in [0.2, 0.25) is 0 Å². The molecule has 0 amide bonds. The molecule has 2 atom stereocenters. The summed E-state index contributed by atoms with van der Waals surface area (Å²) in [5.41, 5.74) is -1.16. The Morgan fingerprint density at radius 2 is 2.05 bits per heavy atom. The zero-order valence-corrected chi connectivity index (χ0v) is 12.5. The number of benzene rings is 1. The molecule has 0 aliphatic carbocycles. The van der Waals surface area contributed by atoms with Crippen molar-refractivity contribution in [2.75, 3.05) is 0 Å². The predicted molar refractivity (Wildman–Crippen MR) is 78.6 cm³/mol. The maximum absolute atomic E-state index is 14.1. The second-order valence-corrected chi connectivity index (χ2v) is 5.89. The van der Waals surface area contributed by atoms with Gasteiger partial charge in [-0.15, -0.1) is 0 Å². The Labute approximate surface area is 130 Å². The highest BCUT2D eigenvalue weighted by atomic mass is 32.1. The number of nitrogens with zero attached hydrogens (tertiary/aromatic N) is 1. The summed E-state index contributed by atoms with van der Waals surface area (Å²) in [6.07, 6.45) is -0.544. The van der Waals surface area contributed by atoms with Gasteiger partial charge in [0.1, 0.15) is 11.6 Å². The van der Waals surface area contributed by atoms with E-state index < -0.39 is 35.4 Å². The molecule has 0 aliphatic heterocycles. The number of nitriles is 1. The van der Waals surface area contributed by atoms with Crippen molar-refractivity contribution in [2.24, 2.45) is 0 Å². The Morgan fingerprint density at radius 3 is 2.50 bits per heavy atom. The molecule has 1 aromatic heterocycles. The number of rotatable bonds is 5.